The van der Waals surface area contributed by atoms with Gasteiger partial charge < -0.3 is 10.6 Å². The molecule has 23 heavy (non-hydrogen) atoms. The Hall–Kier alpha value is -2.38. The summed E-state index contributed by atoms with van der Waals surface area (Å²) in [6.45, 7) is 0.359. The molecule has 0 atom stereocenters. The van der Waals surface area contributed by atoms with E-state index >= 15 is 0 Å². The molecule has 2 rings (SSSR count). The van der Waals surface area contributed by atoms with Gasteiger partial charge in [-0.15, -0.1) is 0 Å². The lowest BCUT2D eigenvalue weighted by atomic mass is 10.1. The molecule has 0 aliphatic carbocycles. The number of hydrogen-bond donors (Lipinski definition) is 3. The zero-order valence-electron chi connectivity index (χ0n) is 12.7. The molecule has 0 bridgehead atoms. The van der Waals surface area contributed by atoms with Crippen molar-refractivity contribution < 1.29 is 13.2 Å². The molecule has 0 aliphatic heterocycles. The molecule has 0 fully saturated rings. The van der Waals surface area contributed by atoms with Gasteiger partial charge in [0.05, 0.1) is 5.75 Å². The van der Waals surface area contributed by atoms with E-state index in [-0.39, 0.29) is 11.8 Å². The van der Waals surface area contributed by atoms with Crippen LogP contribution >= 0.6 is 0 Å². The number of carbonyl (C=O) groups excluding carboxylic acids is 1. The number of rotatable bonds is 6. The fourth-order valence-corrected chi connectivity index (χ4v) is 2.70. The Labute approximate surface area is 136 Å². The van der Waals surface area contributed by atoms with E-state index in [1.807, 2.05) is 18.2 Å². The maximum Gasteiger partial charge on any atom is 0.319 e. The molecular formula is C16H19N3O3S. The number of carbonyl (C=O) groups is 1. The molecule has 0 spiro atoms. The van der Waals surface area contributed by atoms with Crippen LogP contribution in [0.5, 0.6) is 0 Å². The molecule has 6 nitrogen and oxygen atoms in total. The van der Waals surface area contributed by atoms with Crippen LogP contribution in [-0.4, -0.2) is 21.5 Å². The molecule has 0 radical (unpaired) electrons. The third kappa shape index (κ3) is 5.72. The largest absolute Gasteiger partial charge is 0.334 e. The van der Waals surface area contributed by atoms with Gasteiger partial charge >= 0.3 is 6.03 Å². The fraction of sp³-hybridized carbons (Fsp3) is 0.188. The molecule has 0 saturated heterocycles. The van der Waals surface area contributed by atoms with Crippen LogP contribution < -0.4 is 15.4 Å². The second-order valence-electron chi connectivity index (χ2n) is 4.95. The second kappa shape index (κ2) is 7.75. The number of benzene rings is 2. The monoisotopic (exact) mass is 333 g/mol. The highest BCUT2D eigenvalue weighted by molar-refractivity contribution is 7.88. The van der Waals surface area contributed by atoms with Gasteiger partial charge in [0, 0.05) is 12.2 Å². The number of sulfonamides is 1. The van der Waals surface area contributed by atoms with Crippen molar-refractivity contribution >= 4 is 21.7 Å². The predicted molar refractivity (Wildman–Crippen MR) is 90.4 cm³/mol. The molecule has 7 heteroatoms. The van der Waals surface area contributed by atoms with E-state index in [1.54, 1.807) is 36.4 Å². The zero-order valence-corrected chi connectivity index (χ0v) is 13.6. The number of anilines is 1. The summed E-state index contributed by atoms with van der Waals surface area (Å²) in [5.41, 5.74) is 2.30. The molecule has 2 amide bonds. The maximum absolute atomic E-state index is 11.8. The molecule has 0 aliphatic rings. The van der Waals surface area contributed by atoms with E-state index in [2.05, 4.69) is 15.4 Å². The summed E-state index contributed by atoms with van der Waals surface area (Å²) in [6, 6.07) is 15.9. The van der Waals surface area contributed by atoms with Crippen molar-refractivity contribution in [3.8, 4) is 0 Å². The summed E-state index contributed by atoms with van der Waals surface area (Å²) in [4.78, 5) is 11.8. The van der Waals surface area contributed by atoms with Crippen LogP contribution in [0.2, 0.25) is 0 Å². The first kappa shape index (κ1) is 17.0. The van der Waals surface area contributed by atoms with E-state index in [1.165, 1.54) is 7.05 Å². The number of hydrogen-bond acceptors (Lipinski definition) is 3. The minimum absolute atomic E-state index is 0.0638. The highest BCUT2D eigenvalue weighted by Gasteiger charge is 2.08. The summed E-state index contributed by atoms with van der Waals surface area (Å²) >= 11 is 0. The number of amides is 2. The molecule has 0 unspecified atom stereocenters. The summed E-state index contributed by atoms with van der Waals surface area (Å²) in [7, 11) is -1.89. The number of urea groups is 1. The summed E-state index contributed by atoms with van der Waals surface area (Å²) in [5.74, 6) is -0.0638. The summed E-state index contributed by atoms with van der Waals surface area (Å²) in [5, 5.41) is 5.47. The maximum atomic E-state index is 11.8. The lowest BCUT2D eigenvalue weighted by Gasteiger charge is -2.08. The van der Waals surface area contributed by atoms with Crippen LogP contribution in [0.3, 0.4) is 0 Å². The second-order valence-corrected chi connectivity index (χ2v) is 6.88. The summed E-state index contributed by atoms with van der Waals surface area (Å²) < 4.78 is 25.2. The van der Waals surface area contributed by atoms with E-state index in [0.29, 0.717) is 12.1 Å². The van der Waals surface area contributed by atoms with Crippen molar-refractivity contribution in [3.05, 3.63) is 65.7 Å². The first-order valence-electron chi connectivity index (χ1n) is 7.07. The van der Waals surface area contributed by atoms with Crippen LogP contribution in [-0.2, 0) is 22.3 Å². The Bertz CT molecular complexity index is 744. The first-order valence-corrected chi connectivity index (χ1v) is 8.73. The fourth-order valence-electron chi connectivity index (χ4n) is 1.92. The number of para-hydroxylation sites is 1. The average molecular weight is 333 g/mol. The van der Waals surface area contributed by atoms with Gasteiger partial charge in [-0.1, -0.05) is 42.5 Å². The molecular weight excluding hydrogens is 314 g/mol. The normalized spacial score (nSPS) is 11.0. The Kier molecular flexibility index (Phi) is 5.72. The molecule has 2 aromatic carbocycles. The smallest absolute Gasteiger partial charge is 0.319 e. The lowest BCUT2D eigenvalue weighted by Crippen LogP contribution is -2.28. The molecule has 2 aromatic rings. The summed E-state index contributed by atoms with van der Waals surface area (Å²) in [6.07, 6.45) is 0. The van der Waals surface area contributed by atoms with Crippen molar-refractivity contribution in [3.63, 3.8) is 0 Å². The standard InChI is InChI=1S/C16H19N3O3S/c1-17-23(21,22)12-14-9-7-13(8-10-14)11-18-16(20)19-15-5-3-2-4-6-15/h2-10,17H,11-12H2,1H3,(H2,18,19,20). The van der Waals surface area contributed by atoms with Gasteiger partial charge in [-0.2, -0.15) is 0 Å². The van der Waals surface area contributed by atoms with Gasteiger partial charge in [0.1, 0.15) is 0 Å². The first-order chi connectivity index (χ1) is 11.0. The predicted octanol–water partition coefficient (Wildman–Crippen LogP) is 2.06. The third-order valence-corrected chi connectivity index (χ3v) is 4.51. The van der Waals surface area contributed by atoms with Gasteiger partial charge in [0.15, 0.2) is 0 Å². The van der Waals surface area contributed by atoms with Crippen molar-refractivity contribution in [1.29, 1.82) is 0 Å². The molecule has 0 aromatic heterocycles. The van der Waals surface area contributed by atoms with Crippen LogP contribution in [0.25, 0.3) is 0 Å². The van der Waals surface area contributed by atoms with Crippen LogP contribution in [0.1, 0.15) is 11.1 Å². The molecule has 122 valence electrons. The van der Waals surface area contributed by atoms with E-state index in [0.717, 1.165) is 11.3 Å². The highest BCUT2D eigenvalue weighted by Crippen LogP contribution is 2.08. The zero-order chi connectivity index (χ0) is 16.7. The van der Waals surface area contributed by atoms with Crippen LogP contribution in [0, 0.1) is 0 Å². The quantitative estimate of drug-likeness (QED) is 0.756. The minimum atomic E-state index is -3.28. The van der Waals surface area contributed by atoms with Gasteiger partial charge in [0.25, 0.3) is 0 Å². The van der Waals surface area contributed by atoms with Crippen molar-refractivity contribution in [1.82, 2.24) is 10.0 Å². The van der Waals surface area contributed by atoms with E-state index in [9.17, 15) is 13.2 Å². The van der Waals surface area contributed by atoms with Crippen LogP contribution in [0.15, 0.2) is 54.6 Å². The van der Waals surface area contributed by atoms with E-state index in [4.69, 9.17) is 0 Å². The van der Waals surface area contributed by atoms with Crippen molar-refractivity contribution in [2.24, 2.45) is 0 Å². The Morgan fingerprint density at radius 3 is 2.17 bits per heavy atom. The molecule has 3 N–H and O–H groups in total. The highest BCUT2D eigenvalue weighted by atomic mass is 32.2. The lowest BCUT2D eigenvalue weighted by molar-refractivity contribution is 0.251. The number of nitrogens with one attached hydrogen (secondary N) is 3. The average Bonchev–Trinajstić information content (AvgIpc) is 2.55. The molecule has 0 heterocycles. The third-order valence-electron chi connectivity index (χ3n) is 3.18. The minimum Gasteiger partial charge on any atom is -0.334 e. The molecule has 0 saturated carbocycles. The van der Waals surface area contributed by atoms with Gasteiger partial charge in [-0.05, 0) is 30.3 Å². The van der Waals surface area contributed by atoms with Gasteiger partial charge in [-0.25, -0.2) is 17.9 Å². The van der Waals surface area contributed by atoms with Crippen molar-refractivity contribution in [2.45, 2.75) is 12.3 Å². The Morgan fingerprint density at radius 1 is 0.957 bits per heavy atom. The van der Waals surface area contributed by atoms with Gasteiger partial charge in [0.2, 0.25) is 10.0 Å². The van der Waals surface area contributed by atoms with E-state index < -0.39 is 10.0 Å². The van der Waals surface area contributed by atoms with Gasteiger partial charge in [-0.3, -0.25) is 0 Å². The topological polar surface area (TPSA) is 87.3 Å². The Morgan fingerprint density at radius 2 is 1.57 bits per heavy atom. The van der Waals surface area contributed by atoms with Crippen LogP contribution in [0.4, 0.5) is 10.5 Å². The SMILES string of the molecule is CNS(=O)(=O)Cc1ccc(CNC(=O)Nc2ccccc2)cc1. The van der Waals surface area contributed by atoms with Crippen molar-refractivity contribution in [2.75, 3.05) is 12.4 Å². The Balaban J connectivity index is 1.85.